The predicted molar refractivity (Wildman–Crippen MR) is 188 cm³/mol. The van der Waals surface area contributed by atoms with Crippen LogP contribution in [0.1, 0.15) is 180 Å². The molecule has 4 fully saturated rings. The number of esters is 2. The minimum Gasteiger partial charge on any atom is -0.459 e. The Kier molecular flexibility index (Phi) is 15.7. The maximum atomic E-state index is 14.6. The standard InChI is InChI=1S/C41H68O5/c1-33(2)38(42)44-31-40(32-45-40)34(3)39(43)46-41(35-25-19-13-7-4-8-14-20-26-35,36-27-21-15-9-5-10-16-22-28-36)37-29-23-17-11-6-12-18-24-30-37/h35-37H,1,3-32H2,2H3. The van der Waals surface area contributed by atoms with Gasteiger partial charge in [0.1, 0.15) is 12.2 Å². The molecule has 0 aromatic carbocycles. The largest absolute Gasteiger partial charge is 0.459 e. The highest BCUT2D eigenvalue weighted by molar-refractivity contribution is 5.91. The first-order chi connectivity index (χ1) is 22.4. The van der Waals surface area contributed by atoms with Gasteiger partial charge in [0.25, 0.3) is 0 Å². The van der Waals surface area contributed by atoms with Crippen molar-refractivity contribution in [2.45, 2.75) is 191 Å². The molecule has 3 saturated carbocycles. The first kappa shape index (κ1) is 37.2. The van der Waals surface area contributed by atoms with Crippen molar-refractivity contribution >= 4 is 11.9 Å². The Morgan fingerprint density at radius 2 is 0.891 bits per heavy atom. The van der Waals surface area contributed by atoms with Gasteiger partial charge in [-0.1, -0.05) is 148 Å². The van der Waals surface area contributed by atoms with Gasteiger partial charge in [-0.15, -0.1) is 0 Å². The fourth-order valence-corrected chi connectivity index (χ4v) is 9.18. The molecule has 0 aromatic rings. The van der Waals surface area contributed by atoms with Crippen molar-refractivity contribution in [1.29, 1.82) is 0 Å². The second kappa shape index (κ2) is 19.4. The molecule has 0 spiro atoms. The molecule has 0 N–H and O–H groups in total. The van der Waals surface area contributed by atoms with E-state index in [2.05, 4.69) is 13.2 Å². The number of hydrogen-bond donors (Lipinski definition) is 0. The average molecular weight is 641 g/mol. The highest BCUT2D eigenvalue weighted by Crippen LogP contribution is 2.52. The van der Waals surface area contributed by atoms with Gasteiger partial charge in [-0.3, -0.25) is 0 Å². The zero-order chi connectivity index (χ0) is 32.7. The van der Waals surface area contributed by atoms with Crippen LogP contribution in [0.5, 0.6) is 0 Å². The topological polar surface area (TPSA) is 65.1 Å². The monoisotopic (exact) mass is 641 g/mol. The van der Waals surface area contributed by atoms with Gasteiger partial charge < -0.3 is 14.2 Å². The number of hydrogen-bond acceptors (Lipinski definition) is 5. The summed E-state index contributed by atoms with van der Waals surface area (Å²) in [5.41, 5.74) is -0.795. The van der Waals surface area contributed by atoms with E-state index in [1.807, 2.05) is 0 Å². The molecule has 5 heteroatoms. The molecule has 4 aliphatic rings. The van der Waals surface area contributed by atoms with Crippen molar-refractivity contribution in [2.24, 2.45) is 17.8 Å². The predicted octanol–water partition coefficient (Wildman–Crippen LogP) is 11.1. The zero-order valence-corrected chi connectivity index (χ0v) is 29.7. The van der Waals surface area contributed by atoms with E-state index in [1.165, 1.54) is 135 Å². The number of carbonyl (C=O) groups excluding carboxylic acids is 2. The molecule has 1 heterocycles. The molecule has 5 nitrogen and oxygen atoms in total. The Bertz CT molecular complexity index is 869. The van der Waals surface area contributed by atoms with Gasteiger partial charge in [-0.2, -0.15) is 0 Å². The minimum atomic E-state index is -0.975. The van der Waals surface area contributed by atoms with Gasteiger partial charge in [-0.25, -0.2) is 9.59 Å². The van der Waals surface area contributed by atoms with Crippen LogP contribution in [0.15, 0.2) is 24.3 Å². The van der Waals surface area contributed by atoms with Gasteiger partial charge >= 0.3 is 11.9 Å². The van der Waals surface area contributed by atoms with Gasteiger partial charge in [0.05, 0.1) is 12.2 Å². The maximum absolute atomic E-state index is 14.6. The van der Waals surface area contributed by atoms with E-state index in [0.717, 1.165) is 38.5 Å². The second-order valence-electron chi connectivity index (χ2n) is 15.6. The summed E-state index contributed by atoms with van der Waals surface area (Å²) < 4.78 is 18.7. The third-order valence-electron chi connectivity index (χ3n) is 12.1. The van der Waals surface area contributed by atoms with Crippen LogP contribution in [0, 0.1) is 17.8 Å². The first-order valence-electron chi connectivity index (χ1n) is 19.8. The van der Waals surface area contributed by atoms with E-state index in [1.54, 1.807) is 6.92 Å². The lowest BCUT2D eigenvalue weighted by molar-refractivity contribution is -0.192. The van der Waals surface area contributed by atoms with Crippen LogP contribution >= 0.6 is 0 Å². The van der Waals surface area contributed by atoms with Crippen LogP contribution in [0.3, 0.4) is 0 Å². The molecule has 1 aliphatic heterocycles. The van der Waals surface area contributed by atoms with Gasteiger partial charge in [0.15, 0.2) is 5.60 Å². The summed E-state index contributed by atoms with van der Waals surface area (Å²) in [4.78, 5) is 26.9. The lowest BCUT2D eigenvalue weighted by atomic mass is 9.60. The number of epoxide rings is 1. The highest BCUT2D eigenvalue weighted by atomic mass is 16.6. The molecule has 262 valence electrons. The second-order valence-corrected chi connectivity index (χ2v) is 15.6. The third-order valence-corrected chi connectivity index (χ3v) is 12.1. The van der Waals surface area contributed by atoms with Crippen molar-refractivity contribution in [3.05, 3.63) is 24.3 Å². The van der Waals surface area contributed by atoms with Gasteiger partial charge in [0, 0.05) is 5.57 Å². The SMILES string of the molecule is C=C(C)C(=O)OCC1(C(=C)C(=O)OC(C2CCCCCCCCC2)(C2CCCCCCCCC2)C2CCCCCCCCC2)CO1. The van der Waals surface area contributed by atoms with Crippen LogP contribution in [0.4, 0.5) is 0 Å². The van der Waals surface area contributed by atoms with Crippen molar-refractivity contribution in [1.82, 2.24) is 0 Å². The minimum absolute atomic E-state index is 0.0179. The number of ether oxygens (including phenoxy) is 3. The van der Waals surface area contributed by atoms with Gasteiger partial charge in [-0.05, 0) is 63.2 Å². The molecule has 1 atom stereocenters. The molecule has 0 radical (unpaired) electrons. The smallest absolute Gasteiger partial charge is 0.337 e. The Morgan fingerprint density at radius 3 is 1.17 bits per heavy atom. The fraction of sp³-hybridized carbons (Fsp3) is 0.854. The van der Waals surface area contributed by atoms with Crippen LogP contribution in [0.2, 0.25) is 0 Å². The highest BCUT2D eigenvalue weighted by Gasteiger charge is 2.56. The fourth-order valence-electron chi connectivity index (χ4n) is 9.18. The van der Waals surface area contributed by atoms with Gasteiger partial charge in [0.2, 0.25) is 0 Å². The molecule has 3 aliphatic carbocycles. The van der Waals surface area contributed by atoms with Crippen LogP contribution in [-0.4, -0.2) is 36.4 Å². The van der Waals surface area contributed by atoms with Crippen molar-refractivity contribution < 1.29 is 23.8 Å². The molecular formula is C41H68O5. The van der Waals surface area contributed by atoms with Crippen molar-refractivity contribution in [3.8, 4) is 0 Å². The van der Waals surface area contributed by atoms with Crippen LogP contribution < -0.4 is 0 Å². The average Bonchev–Trinajstić information content (AvgIpc) is 3.87. The van der Waals surface area contributed by atoms with E-state index < -0.39 is 17.2 Å². The molecule has 0 aromatic heterocycles. The molecule has 0 amide bonds. The van der Waals surface area contributed by atoms with E-state index in [0.29, 0.717) is 35.5 Å². The molecule has 1 unspecified atom stereocenters. The lowest BCUT2D eigenvalue weighted by Crippen LogP contribution is -2.55. The number of rotatable bonds is 9. The van der Waals surface area contributed by atoms with E-state index in [9.17, 15) is 9.59 Å². The summed E-state index contributed by atoms with van der Waals surface area (Å²) >= 11 is 0. The van der Waals surface area contributed by atoms with Crippen molar-refractivity contribution in [2.75, 3.05) is 13.2 Å². The lowest BCUT2D eigenvalue weighted by Gasteiger charge is -2.52. The summed E-state index contributed by atoms with van der Waals surface area (Å²) in [6.45, 7) is 9.96. The summed E-state index contributed by atoms with van der Waals surface area (Å²) in [5, 5.41) is 0. The summed E-state index contributed by atoms with van der Waals surface area (Å²) in [6, 6.07) is 0. The first-order valence-corrected chi connectivity index (χ1v) is 19.8. The summed E-state index contributed by atoms with van der Waals surface area (Å²) in [6.07, 6.45) is 34.1. The van der Waals surface area contributed by atoms with Crippen molar-refractivity contribution in [3.63, 3.8) is 0 Å². The quantitative estimate of drug-likeness (QED) is 0.142. The number of carbonyl (C=O) groups is 2. The molecule has 4 rings (SSSR count). The maximum Gasteiger partial charge on any atom is 0.337 e. The van der Waals surface area contributed by atoms with Crippen LogP contribution in [-0.2, 0) is 23.8 Å². The molecule has 0 bridgehead atoms. The zero-order valence-electron chi connectivity index (χ0n) is 29.7. The Labute approximate surface area is 282 Å². The van der Waals surface area contributed by atoms with E-state index >= 15 is 0 Å². The molecular weight excluding hydrogens is 572 g/mol. The summed E-state index contributed by atoms with van der Waals surface area (Å²) in [7, 11) is 0. The van der Waals surface area contributed by atoms with E-state index in [-0.39, 0.29) is 12.6 Å². The molecule has 46 heavy (non-hydrogen) atoms. The Morgan fingerprint density at radius 1 is 0.587 bits per heavy atom. The van der Waals surface area contributed by atoms with Crippen LogP contribution in [0.25, 0.3) is 0 Å². The normalized spacial score (nSPS) is 26.3. The summed E-state index contributed by atoms with van der Waals surface area (Å²) in [5.74, 6) is 0.353. The molecule has 1 saturated heterocycles. The van der Waals surface area contributed by atoms with E-state index in [4.69, 9.17) is 14.2 Å². The third kappa shape index (κ3) is 10.7. The Hall–Kier alpha value is -1.62. The Balaban J connectivity index is 1.73.